The molecule has 1 heterocycles. The van der Waals surface area contributed by atoms with Crippen LogP contribution < -0.4 is 5.32 Å². The van der Waals surface area contributed by atoms with Crippen molar-refractivity contribution in [2.75, 3.05) is 5.75 Å². The van der Waals surface area contributed by atoms with Crippen molar-refractivity contribution >= 4 is 29.0 Å². The van der Waals surface area contributed by atoms with Crippen LogP contribution in [0.1, 0.15) is 20.8 Å². The number of rotatable bonds is 6. The summed E-state index contributed by atoms with van der Waals surface area (Å²) in [6.07, 6.45) is 0. The van der Waals surface area contributed by atoms with Crippen molar-refractivity contribution in [3.05, 3.63) is 35.5 Å². The molecule has 3 nitrogen and oxygen atoms in total. The topological polar surface area (TPSA) is 42.0 Å². The number of carbonyl (C=O) groups is 1. The molecule has 118 valence electrons. The minimum absolute atomic E-state index is 0.0183. The summed E-state index contributed by atoms with van der Waals surface area (Å²) in [4.78, 5) is 16.3. The van der Waals surface area contributed by atoms with Crippen LogP contribution in [-0.4, -0.2) is 22.7 Å². The molecule has 22 heavy (non-hydrogen) atoms. The first kappa shape index (κ1) is 17.0. The molecule has 1 aromatic carbocycles. The maximum atomic E-state index is 12.9. The van der Waals surface area contributed by atoms with Crippen molar-refractivity contribution in [2.24, 2.45) is 5.92 Å². The summed E-state index contributed by atoms with van der Waals surface area (Å²) in [5.74, 6) is 0.529. The van der Waals surface area contributed by atoms with Gasteiger partial charge in [0.25, 0.3) is 0 Å². The van der Waals surface area contributed by atoms with Crippen LogP contribution in [-0.2, 0) is 4.79 Å². The smallest absolute Gasteiger partial charge is 0.230 e. The summed E-state index contributed by atoms with van der Waals surface area (Å²) in [6, 6.07) is 6.41. The van der Waals surface area contributed by atoms with E-state index < -0.39 is 0 Å². The summed E-state index contributed by atoms with van der Waals surface area (Å²) in [6.45, 7) is 6.16. The van der Waals surface area contributed by atoms with Gasteiger partial charge in [0, 0.05) is 17.0 Å². The number of thiazole rings is 1. The van der Waals surface area contributed by atoms with Gasteiger partial charge < -0.3 is 5.32 Å². The highest BCUT2D eigenvalue weighted by Crippen LogP contribution is 2.28. The van der Waals surface area contributed by atoms with Gasteiger partial charge in [0.2, 0.25) is 5.91 Å². The van der Waals surface area contributed by atoms with Crippen LogP contribution in [0.15, 0.2) is 34.0 Å². The van der Waals surface area contributed by atoms with E-state index >= 15 is 0 Å². The van der Waals surface area contributed by atoms with Gasteiger partial charge in [-0.3, -0.25) is 4.79 Å². The first-order chi connectivity index (χ1) is 10.5. The molecule has 0 saturated heterocycles. The Kier molecular flexibility index (Phi) is 5.97. The lowest BCUT2D eigenvalue weighted by Gasteiger charge is -2.16. The SMILES string of the molecule is CC(C)[C@H](C)NC(=O)CSc1nc(-c2ccc(F)cc2)cs1. The lowest BCUT2D eigenvalue weighted by atomic mass is 10.1. The molecule has 0 spiro atoms. The summed E-state index contributed by atoms with van der Waals surface area (Å²) in [5, 5.41) is 4.89. The van der Waals surface area contributed by atoms with Gasteiger partial charge in [0.05, 0.1) is 11.4 Å². The van der Waals surface area contributed by atoms with Gasteiger partial charge in [-0.15, -0.1) is 11.3 Å². The molecule has 0 aliphatic rings. The predicted molar refractivity (Wildman–Crippen MR) is 90.7 cm³/mol. The average molecular weight is 338 g/mol. The highest BCUT2D eigenvalue weighted by molar-refractivity contribution is 8.01. The number of amides is 1. The van der Waals surface area contributed by atoms with E-state index in [4.69, 9.17) is 0 Å². The van der Waals surface area contributed by atoms with E-state index in [2.05, 4.69) is 24.1 Å². The van der Waals surface area contributed by atoms with E-state index in [0.29, 0.717) is 11.7 Å². The summed E-state index contributed by atoms with van der Waals surface area (Å²) in [7, 11) is 0. The molecule has 0 bridgehead atoms. The third-order valence-corrected chi connectivity index (χ3v) is 5.36. The van der Waals surface area contributed by atoms with Crippen LogP contribution in [0.5, 0.6) is 0 Å². The molecule has 1 amide bonds. The van der Waals surface area contributed by atoms with Crippen LogP contribution in [0.3, 0.4) is 0 Å². The molecule has 0 unspecified atom stereocenters. The van der Waals surface area contributed by atoms with Crippen molar-refractivity contribution in [1.29, 1.82) is 0 Å². The normalized spacial score (nSPS) is 12.4. The zero-order valence-electron chi connectivity index (χ0n) is 12.8. The Labute approximate surface area is 138 Å². The molecule has 0 aliphatic carbocycles. The van der Waals surface area contributed by atoms with E-state index in [0.717, 1.165) is 15.6 Å². The van der Waals surface area contributed by atoms with Gasteiger partial charge in [-0.05, 0) is 37.1 Å². The monoisotopic (exact) mass is 338 g/mol. The maximum absolute atomic E-state index is 12.9. The van der Waals surface area contributed by atoms with Crippen molar-refractivity contribution in [3.63, 3.8) is 0 Å². The number of thioether (sulfide) groups is 1. The fraction of sp³-hybridized carbons (Fsp3) is 0.375. The molecule has 0 fully saturated rings. The minimum atomic E-state index is -0.260. The highest BCUT2D eigenvalue weighted by atomic mass is 32.2. The number of nitrogens with one attached hydrogen (secondary N) is 1. The Hall–Kier alpha value is -1.40. The molecule has 2 aromatic rings. The molecule has 0 radical (unpaired) electrons. The average Bonchev–Trinajstić information content (AvgIpc) is 2.94. The molecule has 2 rings (SSSR count). The number of halogens is 1. The first-order valence-electron chi connectivity index (χ1n) is 7.09. The highest BCUT2D eigenvalue weighted by Gasteiger charge is 2.12. The molecular weight excluding hydrogens is 319 g/mol. The van der Waals surface area contributed by atoms with Crippen LogP contribution in [0.2, 0.25) is 0 Å². The first-order valence-corrected chi connectivity index (χ1v) is 8.96. The molecule has 0 saturated carbocycles. The van der Waals surface area contributed by atoms with E-state index in [1.165, 1.54) is 35.2 Å². The predicted octanol–water partition coefficient (Wildman–Crippen LogP) is 4.20. The maximum Gasteiger partial charge on any atom is 0.230 e. The third kappa shape index (κ3) is 4.81. The van der Waals surface area contributed by atoms with E-state index in [1.807, 2.05) is 12.3 Å². The van der Waals surface area contributed by atoms with E-state index in [1.54, 1.807) is 12.1 Å². The molecule has 1 aromatic heterocycles. The van der Waals surface area contributed by atoms with E-state index in [9.17, 15) is 9.18 Å². The molecular formula is C16H19FN2OS2. The standard InChI is InChI=1S/C16H19FN2OS2/c1-10(2)11(3)18-15(20)9-22-16-19-14(8-21-16)12-4-6-13(17)7-5-12/h4-8,10-11H,9H2,1-3H3,(H,18,20)/t11-/m0/s1. The van der Waals surface area contributed by atoms with Gasteiger partial charge in [0.15, 0.2) is 4.34 Å². The fourth-order valence-corrected chi connectivity index (χ4v) is 3.31. The van der Waals surface area contributed by atoms with Gasteiger partial charge >= 0.3 is 0 Å². The lowest BCUT2D eigenvalue weighted by Crippen LogP contribution is -2.37. The van der Waals surface area contributed by atoms with Crippen molar-refractivity contribution < 1.29 is 9.18 Å². The van der Waals surface area contributed by atoms with Gasteiger partial charge in [-0.25, -0.2) is 9.37 Å². The summed E-state index contributed by atoms with van der Waals surface area (Å²) < 4.78 is 13.8. The molecule has 1 atom stereocenters. The van der Waals surface area contributed by atoms with E-state index in [-0.39, 0.29) is 17.8 Å². The second kappa shape index (κ2) is 7.74. The number of nitrogens with zero attached hydrogens (tertiary/aromatic N) is 1. The Morgan fingerprint density at radius 3 is 2.64 bits per heavy atom. The third-order valence-electron chi connectivity index (χ3n) is 3.34. The second-order valence-electron chi connectivity index (χ2n) is 5.39. The fourth-order valence-electron chi connectivity index (χ4n) is 1.67. The largest absolute Gasteiger partial charge is 0.353 e. The number of hydrogen-bond acceptors (Lipinski definition) is 4. The Balaban J connectivity index is 1.90. The molecule has 0 aliphatic heterocycles. The van der Waals surface area contributed by atoms with Crippen molar-refractivity contribution in [3.8, 4) is 11.3 Å². The lowest BCUT2D eigenvalue weighted by molar-refractivity contribution is -0.119. The Bertz CT molecular complexity index is 625. The minimum Gasteiger partial charge on any atom is -0.353 e. The van der Waals surface area contributed by atoms with Crippen molar-refractivity contribution in [1.82, 2.24) is 10.3 Å². The number of hydrogen-bond donors (Lipinski definition) is 1. The van der Waals surface area contributed by atoms with Gasteiger partial charge in [-0.1, -0.05) is 25.6 Å². The number of benzene rings is 1. The van der Waals surface area contributed by atoms with Crippen LogP contribution in [0.4, 0.5) is 4.39 Å². The van der Waals surface area contributed by atoms with Crippen LogP contribution in [0.25, 0.3) is 11.3 Å². The number of carbonyl (C=O) groups excluding carboxylic acids is 1. The summed E-state index contributed by atoms with van der Waals surface area (Å²) >= 11 is 2.92. The Morgan fingerprint density at radius 2 is 2.00 bits per heavy atom. The van der Waals surface area contributed by atoms with Crippen molar-refractivity contribution in [2.45, 2.75) is 31.2 Å². The molecule has 6 heteroatoms. The van der Waals surface area contributed by atoms with Crippen LogP contribution in [0, 0.1) is 11.7 Å². The van der Waals surface area contributed by atoms with Gasteiger partial charge in [0.1, 0.15) is 5.82 Å². The van der Waals surface area contributed by atoms with Crippen LogP contribution >= 0.6 is 23.1 Å². The Morgan fingerprint density at radius 1 is 1.32 bits per heavy atom. The molecule has 1 N–H and O–H groups in total. The second-order valence-corrected chi connectivity index (χ2v) is 7.47. The van der Waals surface area contributed by atoms with Gasteiger partial charge in [-0.2, -0.15) is 0 Å². The zero-order valence-corrected chi connectivity index (χ0v) is 14.4. The number of aromatic nitrogens is 1. The zero-order chi connectivity index (χ0) is 16.1. The summed E-state index contributed by atoms with van der Waals surface area (Å²) in [5.41, 5.74) is 1.69. The quantitative estimate of drug-likeness (QED) is 0.803.